The fourth-order valence-electron chi connectivity index (χ4n) is 3.60. The molecule has 0 bridgehead atoms. The molecule has 9 heteroatoms. The van der Waals surface area contributed by atoms with E-state index in [1.54, 1.807) is 19.2 Å². The number of fused-ring (bicyclic) bond motifs is 2. The summed E-state index contributed by atoms with van der Waals surface area (Å²) < 4.78 is 7.16. The third-order valence-corrected chi connectivity index (χ3v) is 5.96. The molecule has 0 aliphatic carbocycles. The molecular weight excluding hydrogens is 414 g/mol. The number of hydrogen-bond acceptors (Lipinski definition) is 6. The first-order valence-corrected chi connectivity index (χ1v) is 10.4. The molecule has 2 N–H and O–H groups in total. The number of nitrogens with one attached hydrogen (secondary N) is 2. The van der Waals surface area contributed by atoms with E-state index in [9.17, 15) is 9.59 Å². The first kappa shape index (κ1) is 19.0. The van der Waals surface area contributed by atoms with E-state index in [2.05, 4.69) is 21.0 Å². The minimum absolute atomic E-state index is 0.272. The summed E-state index contributed by atoms with van der Waals surface area (Å²) in [5, 5.41) is 7.18. The number of hydrazine groups is 1. The number of rotatable bonds is 3. The van der Waals surface area contributed by atoms with E-state index < -0.39 is 11.8 Å². The topological polar surface area (TPSA) is 102 Å². The predicted molar refractivity (Wildman–Crippen MR) is 118 cm³/mol. The van der Waals surface area contributed by atoms with Gasteiger partial charge in [-0.05, 0) is 30.5 Å². The number of aryl methyl sites for hydroxylation is 2. The zero-order valence-corrected chi connectivity index (χ0v) is 17.5. The second kappa shape index (κ2) is 7.37. The number of para-hydroxylation sites is 1. The van der Waals surface area contributed by atoms with Gasteiger partial charge < -0.3 is 9.09 Å². The van der Waals surface area contributed by atoms with E-state index in [0.717, 1.165) is 15.8 Å². The average Bonchev–Trinajstić information content (AvgIpc) is 3.52. The molecular formula is C22H17N5O3S. The molecule has 4 aromatic heterocycles. The fraction of sp³-hybridized carbons (Fsp3) is 0.0909. The van der Waals surface area contributed by atoms with Gasteiger partial charge in [0.05, 0.1) is 32.8 Å². The third kappa shape index (κ3) is 3.24. The lowest BCUT2D eigenvalue weighted by Gasteiger charge is -2.09. The molecule has 154 valence electrons. The molecule has 5 rings (SSSR count). The van der Waals surface area contributed by atoms with Crippen molar-refractivity contribution < 1.29 is 14.1 Å². The maximum atomic E-state index is 13.0. The van der Waals surface area contributed by atoms with E-state index in [-0.39, 0.29) is 5.71 Å². The van der Waals surface area contributed by atoms with E-state index in [4.69, 9.17) is 4.52 Å². The number of pyridine rings is 1. The zero-order valence-electron chi connectivity index (χ0n) is 16.7. The maximum Gasteiger partial charge on any atom is 0.271 e. The van der Waals surface area contributed by atoms with Gasteiger partial charge in [-0.1, -0.05) is 29.4 Å². The Labute approximate surface area is 180 Å². The summed E-state index contributed by atoms with van der Waals surface area (Å²) in [6.45, 7) is 1.74. The highest BCUT2D eigenvalue weighted by atomic mass is 32.1. The molecule has 0 unspecified atom stereocenters. The molecule has 4 heterocycles. The Balaban J connectivity index is 1.45. The first-order valence-electron chi connectivity index (χ1n) is 9.48. The number of amides is 2. The number of thiophene rings is 1. The largest absolute Gasteiger partial charge is 0.350 e. The van der Waals surface area contributed by atoms with Crippen LogP contribution in [0.1, 0.15) is 26.4 Å². The number of hydrogen-bond donors (Lipinski definition) is 2. The van der Waals surface area contributed by atoms with Crippen molar-refractivity contribution in [3.05, 3.63) is 70.9 Å². The van der Waals surface area contributed by atoms with Crippen LogP contribution in [-0.2, 0) is 7.05 Å². The van der Waals surface area contributed by atoms with Crippen LogP contribution < -0.4 is 10.9 Å². The maximum absolute atomic E-state index is 13.0. The van der Waals surface area contributed by atoms with Crippen LogP contribution in [0.3, 0.4) is 0 Å². The summed E-state index contributed by atoms with van der Waals surface area (Å²) in [7, 11) is 1.87. The summed E-state index contributed by atoms with van der Waals surface area (Å²) in [6, 6.07) is 13.1. The van der Waals surface area contributed by atoms with Gasteiger partial charge in [-0.15, -0.1) is 11.3 Å². The van der Waals surface area contributed by atoms with Gasteiger partial charge in [0.15, 0.2) is 0 Å². The van der Waals surface area contributed by atoms with Crippen LogP contribution in [0.2, 0.25) is 0 Å². The van der Waals surface area contributed by atoms with Gasteiger partial charge in [0.25, 0.3) is 17.5 Å². The van der Waals surface area contributed by atoms with E-state index in [1.807, 2.05) is 53.4 Å². The van der Waals surface area contributed by atoms with Crippen molar-refractivity contribution in [1.82, 2.24) is 25.6 Å². The summed E-state index contributed by atoms with van der Waals surface area (Å²) >= 11 is 1.50. The van der Waals surface area contributed by atoms with Crippen LogP contribution in [0, 0.1) is 6.92 Å². The molecule has 0 atom stereocenters. The van der Waals surface area contributed by atoms with Gasteiger partial charge in [-0.25, -0.2) is 4.98 Å². The van der Waals surface area contributed by atoms with Crippen molar-refractivity contribution in [3.8, 4) is 10.6 Å². The highest BCUT2D eigenvalue weighted by Crippen LogP contribution is 2.29. The number of benzene rings is 1. The SMILES string of the molecule is Cc1noc2nc(-c3cccs3)cc(C(=O)NNC(=O)c3cn(C)c4ccccc34)c12. The Kier molecular flexibility index (Phi) is 4.52. The molecule has 0 spiro atoms. The molecule has 0 fully saturated rings. The van der Waals surface area contributed by atoms with E-state index >= 15 is 0 Å². The Morgan fingerprint density at radius 1 is 1.06 bits per heavy atom. The highest BCUT2D eigenvalue weighted by Gasteiger charge is 2.21. The van der Waals surface area contributed by atoms with Crippen LogP contribution in [0.25, 0.3) is 32.6 Å². The van der Waals surface area contributed by atoms with Gasteiger partial charge in [0, 0.05) is 24.1 Å². The molecule has 0 aliphatic heterocycles. The smallest absolute Gasteiger partial charge is 0.271 e. The van der Waals surface area contributed by atoms with Gasteiger partial charge in [-0.2, -0.15) is 0 Å². The van der Waals surface area contributed by atoms with Crippen molar-refractivity contribution in [2.24, 2.45) is 7.05 Å². The zero-order chi connectivity index (χ0) is 21.5. The molecule has 8 nitrogen and oxygen atoms in total. The Morgan fingerprint density at radius 3 is 2.61 bits per heavy atom. The number of nitrogens with zero attached hydrogens (tertiary/aromatic N) is 3. The van der Waals surface area contributed by atoms with Crippen molar-refractivity contribution in [3.63, 3.8) is 0 Å². The van der Waals surface area contributed by atoms with E-state index in [0.29, 0.717) is 27.9 Å². The Morgan fingerprint density at radius 2 is 1.84 bits per heavy atom. The minimum Gasteiger partial charge on any atom is -0.350 e. The predicted octanol–water partition coefficient (Wildman–Crippen LogP) is 3.83. The minimum atomic E-state index is -0.481. The molecule has 1 aromatic carbocycles. The number of carbonyl (C=O) groups excluding carboxylic acids is 2. The van der Waals surface area contributed by atoms with Crippen LogP contribution >= 0.6 is 11.3 Å². The number of carbonyl (C=O) groups is 2. The molecule has 0 radical (unpaired) electrons. The second-order valence-corrected chi connectivity index (χ2v) is 8.01. The lowest BCUT2D eigenvalue weighted by Crippen LogP contribution is -2.41. The van der Waals surface area contributed by atoms with Crippen molar-refractivity contribution in [2.75, 3.05) is 0 Å². The lowest BCUT2D eigenvalue weighted by molar-refractivity contribution is 0.0848. The van der Waals surface area contributed by atoms with Gasteiger partial charge in [0.1, 0.15) is 0 Å². The summed E-state index contributed by atoms with van der Waals surface area (Å²) in [6.07, 6.45) is 1.73. The van der Waals surface area contributed by atoms with E-state index in [1.165, 1.54) is 11.3 Å². The van der Waals surface area contributed by atoms with Crippen molar-refractivity contribution >= 4 is 45.2 Å². The number of aromatic nitrogens is 3. The molecule has 5 aromatic rings. The van der Waals surface area contributed by atoms with Crippen molar-refractivity contribution in [2.45, 2.75) is 6.92 Å². The Hall–Kier alpha value is -3.98. The highest BCUT2D eigenvalue weighted by molar-refractivity contribution is 7.13. The first-order chi connectivity index (χ1) is 15.0. The molecule has 2 amide bonds. The average molecular weight is 431 g/mol. The summed E-state index contributed by atoms with van der Waals surface area (Å²) in [5.74, 6) is -0.888. The van der Waals surface area contributed by atoms with Crippen LogP contribution in [0.5, 0.6) is 0 Å². The van der Waals surface area contributed by atoms with Crippen molar-refractivity contribution in [1.29, 1.82) is 0 Å². The van der Waals surface area contributed by atoms with Crippen LogP contribution in [0.4, 0.5) is 0 Å². The Bertz CT molecular complexity index is 1450. The monoisotopic (exact) mass is 431 g/mol. The normalized spacial score (nSPS) is 11.2. The van der Waals surface area contributed by atoms with Gasteiger partial charge >= 0.3 is 0 Å². The quantitative estimate of drug-likeness (QED) is 0.423. The molecule has 31 heavy (non-hydrogen) atoms. The fourth-order valence-corrected chi connectivity index (χ4v) is 4.28. The summed E-state index contributed by atoms with van der Waals surface area (Å²) in [4.78, 5) is 31.1. The lowest BCUT2D eigenvalue weighted by atomic mass is 10.1. The molecule has 0 saturated heterocycles. The van der Waals surface area contributed by atoms with Crippen LogP contribution in [-0.4, -0.2) is 26.5 Å². The second-order valence-electron chi connectivity index (χ2n) is 7.06. The molecule has 0 saturated carbocycles. The van der Waals surface area contributed by atoms with Crippen LogP contribution in [0.15, 0.2) is 58.6 Å². The van der Waals surface area contributed by atoms with Gasteiger partial charge in [0.2, 0.25) is 0 Å². The third-order valence-electron chi connectivity index (χ3n) is 5.07. The standard InChI is InChI=1S/C22H17N5O3S/c1-12-19-14(10-16(18-8-5-9-31-18)23-22(19)30-26-12)20(28)24-25-21(29)15-11-27(2)17-7-4-3-6-13(15)17/h3-11H,1-2H3,(H,24,28)(H,25,29). The molecule has 0 aliphatic rings. The summed E-state index contributed by atoms with van der Waals surface area (Å²) in [5.41, 5.74) is 8.17. The van der Waals surface area contributed by atoms with Gasteiger partial charge in [-0.3, -0.25) is 20.4 Å².